The van der Waals surface area contributed by atoms with Gasteiger partial charge in [0.25, 0.3) is 0 Å². The first-order valence-corrected chi connectivity index (χ1v) is 6.50. The normalized spacial score (nSPS) is 18.4. The van der Waals surface area contributed by atoms with Crippen LogP contribution in [0.25, 0.3) is 0 Å². The Hall–Kier alpha value is -1.51. The summed E-state index contributed by atoms with van der Waals surface area (Å²) < 4.78 is 0. The molecule has 0 heterocycles. The first-order valence-electron chi connectivity index (χ1n) is 6.50. The van der Waals surface area contributed by atoms with E-state index in [1.165, 1.54) is 30.4 Å². The third-order valence-electron chi connectivity index (χ3n) is 3.80. The Kier molecular flexibility index (Phi) is 2.75. The fourth-order valence-corrected chi connectivity index (χ4v) is 2.55. The molecular weight excluding hydrogens is 212 g/mol. The lowest BCUT2D eigenvalue weighted by atomic mass is 9.93. The molecule has 2 aliphatic carbocycles. The number of aryl methyl sites for hydroxylation is 2. The Labute approximate surface area is 102 Å². The van der Waals surface area contributed by atoms with Crippen molar-refractivity contribution in [3.8, 4) is 0 Å². The summed E-state index contributed by atoms with van der Waals surface area (Å²) in [4.78, 5) is 11.7. The van der Waals surface area contributed by atoms with E-state index in [0.717, 1.165) is 24.9 Å². The Morgan fingerprint density at radius 2 is 1.94 bits per heavy atom. The first-order chi connectivity index (χ1) is 8.31. The van der Waals surface area contributed by atoms with E-state index >= 15 is 0 Å². The van der Waals surface area contributed by atoms with Crippen LogP contribution in [0.3, 0.4) is 0 Å². The Morgan fingerprint density at radius 3 is 2.71 bits per heavy atom. The second kappa shape index (κ2) is 4.40. The highest BCUT2D eigenvalue weighted by Gasteiger charge is 2.19. The smallest absolute Gasteiger partial charge is 0.319 e. The zero-order valence-electron chi connectivity index (χ0n) is 9.96. The minimum atomic E-state index is -0.0624. The van der Waals surface area contributed by atoms with Gasteiger partial charge in [-0.2, -0.15) is 0 Å². The van der Waals surface area contributed by atoms with E-state index in [4.69, 9.17) is 0 Å². The molecule has 90 valence electrons. The number of urea groups is 1. The van der Waals surface area contributed by atoms with Crippen molar-refractivity contribution in [1.29, 1.82) is 0 Å². The molecule has 1 aromatic rings. The summed E-state index contributed by atoms with van der Waals surface area (Å²) in [6.07, 6.45) is 7.06. The van der Waals surface area contributed by atoms with Gasteiger partial charge in [-0.3, -0.25) is 0 Å². The van der Waals surface area contributed by atoms with E-state index < -0.39 is 0 Å². The fourth-order valence-electron chi connectivity index (χ4n) is 2.55. The predicted molar refractivity (Wildman–Crippen MR) is 68.3 cm³/mol. The predicted octanol–water partition coefficient (Wildman–Crippen LogP) is 2.85. The molecule has 3 nitrogen and oxygen atoms in total. The monoisotopic (exact) mass is 230 g/mol. The molecule has 17 heavy (non-hydrogen) atoms. The number of hydrogen-bond donors (Lipinski definition) is 2. The van der Waals surface area contributed by atoms with E-state index in [1.807, 2.05) is 6.07 Å². The molecule has 0 aliphatic heterocycles. The van der Waals surface area contributed by atoms with Crippen molar-refractivity contribution >= 4 is 11.7 Å². The molecule has 0 saturated heterocycles. The van der Waals surface area contributed by atoms with Crippen LogP contribution >= 0.6 is 0 Å². The van der Waals surface area contributed by atoms with Gasteiger partial charge in [0, 0.05) is 11.7 Å². The molecule has 0 spiro atoms. The largest absolute Gasteiger partial charge is 0.335 e. The number of amides is 2. The van der Waals surface area contributed by atoms with Crippen molar-refractivity contribution < 1.29 is 4.79 Å². The third-order valence-corrected chi connectivity index (χ3v) is 3.80. The summed E-state index contributed by atoms with van der Waals surface area (Å²) >= 11 is 0. The van der Waals surface area contributed by atoms with Crippen LogP contribution in [-0.4, -0.2) is 12.1 Å². The lowest BCUT2D eigenvalue weighted by Crippen LogP contribution is -2.41. The van der Waals surface area contributed by atoms with Crippen LogP contribution < -0.4 is 10.6 Å². The summed E-state index contributed by atoms with van der Waals surface area (Å²) in [7, 11) is 0. The Morgan fingerprint density at radius 1 is 1.12 bits per heavy atom. The molecule has 3 rings (SSSR count). The van der Waals surface area contributed by atoms with Crippen molar-refractivity contribution in [3.63, 3.8) is 0 Å². The summed E-state index contributed by atoms with van der Waals surface area (Å²) in [6.45, 7) is 0. The summed E-state index contributed by atoms with van der Waals surface area (Å²) in [6, 6.07) is 6.59. The number of carbonyl (C=O) groups excluding carboxylic acids is 1. The van der Waals surface area contributed by atoms with E-state index in [-0.39, 0.29) is 6.03 Å². The summed E-state index contributed by atoms with van der Waals surface area (Å²) in [5, 5.41) is 5.90. The van der Waals surface area contributed by atoms with Gasteiger partial charge < -0.3 is 10.6 Å². The molecule has 2 aliphatic rings. The van der Waals surface area contributed by atoms with Gasteiger partial charge in [0.15, 0.2) is 0 Å². The molecule has 2 amide bonds. The topological polar surface area (TPSA) is 41.1 Å². The van der Waals surface area contributed by atoms with Crippen molar-refractivity contribution in [1.82, 2.24) is 5.32 Å². The van der Waals surface area contributed by atoms with Gasteiger partial charge in [-0.1, -0.05) is 6.07 Å². The van der Waals surface area contributed by atoms with Crippen LogP contribution in [0, 0.1) is 0 Å². The number of nitrogens with one attached hydrogen (secondary N) is 2. The van der Waals surface area contributed by atoms with Crippen LogP contribution in [0.2, 0.25) is 0 Å². The number of rotatable bonds is 2. The lowest BCUT2D eigenvalue weighted by Gasteiger charge is -2.26. The highest BCUT2D eigenvalue weighted by Crippen LogP contribution is 2.25. The van der Waals surface area contributed by atoms with Crippen LogP contribution in [0.4, 0.5) is 10.5 Å². The average Bonchev–Trinajstić information content (AvgIpc) is 2.71. The summed E-state index contributed by atoms with van der Waals surface area (Å²) in [5.74, 6) is 0. The van der Waals surface area contributed by atoms with Gasteiger partial charge in [-0.05, 0) is 61.8 Å². The maximum Gasteiger partial charge on any atom is 0.319 e. The molecule has 3 heteroatoms. The average molecular weight is 230 g/mol. The highest BCUT2D eigenvalue weighted by molar-refractivity contribution is 5.89. The minimum absolute atomic E-state index is 0.0624. The molecule has 0 atom stereocenters. The molecule has 0 unspecified atom stereocenters. The van der Waals surface area contributed by atoms with Gasteiger partial charge in [0.1, 0.15) is 0 Å². The Bertz CT molecular complexity index is 438. The molecule has 1 fully saturated rings. The second-order valence-corrected chi connectivity index (χ2v) is 5.06. The van der Waals surface area contributed by atoms with Crippen LogP contribution in [-0.2, 0) is 12.8 Å². The molecule has 1 saturated carbocycles. The summed E-state index contributed by atoms with van der Waals surface area (Å²) in [5.41, 5.74) is 3.75. The van der Waals surface area contributed by atoms with Gasteiger partial charge >= 0.3 is 6.03 Å². The third kappa shape index (κ3) is 2.28. The quantitative estimate of drug-likeness (QED) is 0.806. The van der Waals surface area contributed by atoms with Crippen molar-refractivity contribution in [2.45, 2.75) is 44.6 Å². The molecule has 0 radical (unpaired) electrons. The maximum absolute atomic E-state index is 11.7. The van der Waals surface area contributed by atoms with Crippen LogP contribution in [0.15, 0.2) is 18.2 Å². The fraction of sp³-hybridized carbons (Fsp3) is 0.500. The van der Waals surface area contributed by atoms with E-state index in [0.29, 0.717) is 6.04 Å². The van der Waals surface area contributed by atoms with E-state index in [9.17, 15) is 4.79 Å². The molecule has 0 aromatic heterocycles. The van der Waals surface area contributed by atoms with Crippen LogP contribution in [0.5, 0.6) is 0 Å². The van der Waals surface area contributed by atoms with Crippen molar-refractivity contribution in [2.75, 3.05) is 5.32 Å². The zero-order chi connectivity index (χ0) is 11.7. The van der Waals surface area contributed by atoms with Gasteiger partial charge in [-0.25, -0.2) is 4.79 Å². The first kappa shape index (κ1) is 10.6. The van der Waals surface area contributed by atoms with Crippen LogP contribution in [0.1, 0.15) is 36.8 Å². The number of hydrogen-bond acceptors (Lipinski definition) is 1. The van der Waals surface area contributed by atoms with Gasteiger partial charge in [0.05, 0.1) is 0 Å². The zero-order valence-corrected chi connectivity index (χ0v) is 9.96. The van der Waals surface area contributed by atoms with E-state index in [1.54, 1.807) is 0 Å². The van der Waals surface area contributed by atoms with Gasteiger partial charge in [0.2, 0.25) is 0 Å². The number of fused-ring (bicyclic) bond motifs is 1. The highest BCUT2D eigenvalue weighted by atomic mass is 16.2. The molecule has 0 bridgehead atoms. The molecule has 2 N–H and O–H groups in total. The van der Waals surface area contributed by atoms with Crippen molar-refractivity contribution in [3.05, 3.63) is 29.3 Å². The van der Waals surface area contributed by atoms with Gasteiger partial charge in [-0.15, -0.1) is 0 Å². The lowest BCUT2D eigenvalue weighted by molar-refractivity contribution is 0.240. The molecular formula is C14H18N2O. The SMILES string of the molecule is O=C(Nc1ccc2c(c1)CCC2)NC1CCC1. The molecule has 1 aromatic carbocycles. The van der Waals surface area contributed by atoms with E-state index in [2.05, 4.69) is 22.8 Å². The second-order valence-electron chi connectivity index (χ2n) is 5.06. The number of anilines is 1. The standard InChI is InChI=1S/C14H18N2O/c17-14(15-12-5-2-6-12)16-13-8-7-10-3-1-4-11(10)9-13/h7-9,12H,1-6H2,(H2,15,16,17). The number of benzene rings is 1. The van der Waals surface area contributed by atoms with Crippen molar-refractivity contribution in [2.24, 2.45) is 0 Å². The minimum Gasteiger partial charge on any atom is -0.335 e. The number of carbonyl (C=O) groups is 1. The maximum atomic E-state index is 11.7. The Balaban J connectivity index is 1.62.